The number of carboxylic acid groups (broad SMARTS) is 2. The first-order chi connectivity index (χ1) is 10.9. The first-order valence-corrected chi connectivity index (χ1v) is 7.86. The van der Waals surface area contributed by atoms with Gasteiger partial charge >= 0.3 is 5.97 Å². The van der Waals surface area contributed by atoms with E-state index >= 15 is 0 Å². The fourth-order valence-electron chi connectivity index (χ4n) is 2.70. The van der Waals surface area contributed by atoms with Gasteiger partial charge in [-0.05, 0) is 38.6 Å². The summed E-state index contributed by atoms with van der Waals surface area (Å²) in [6, 6.07) is 0. The molecule has 0 aromatic carbocycles. The van der Waals surface area contributed by atoms with E-state index in [1.165, 1.54) is 6.42 Å². The fraction of sp³-hybridized carbons (Fsp3) is 0.733. The van der Waals surface area contributed by atoms with Crippen LogP contribution in [0.15, 0.2) is 6.33 Å². The number of aryl methyl sites for hydroxylation is 1. The molecular weight excluding hydrogens is 300 g/mol. The maximum Gasteiger partial charge on any atom is 0.303 e. The number of hydrogen-bond donors (Lipinski definition) is 2. The van der Waals surface area contributed by atoms with E-state index in [1.54, 1.807) is 6.33 Å². The second-order valence-electron chi connectivity index (χ2n) is 5.83. The van der Waals surface area contributed by atoms with Gasteiger partial charge in [0, 0.05) is 33.0 Å². The zero-order chi connectivity index (χ0) is 17.2. The molecule has 0 saturated carbocycles. The number of nitrogens with zero attached hydrogens (tertiary/aromatic N) is 4. The van der Waals surface area contributed by atoms with Crippen LogP contribution in [0.4, 0.5) is 0 Å². The molecule has 2 N–H and O–H groups in total. The van der Waals surface area contributed by atoms with Gasteiger partial charge < -0.3 is 19.7 Å². The molecule has 2 heterocycles. The van der Waals surface area contributed by atoms with E-state index in [2.05, 4.69) is 19.7 Å². The normalized spacial score (nSPS) is 18.1. The van der Waals surface area contributed by atoms with Crippen molar-refractivity contribution in [2.24, 2.45) is 5.92 Å². The SMILES string of the molecule is CC(=O)O.Cc1nncn1CCN1CCCC(CCC(=O)O)C1. The number of carbonyl (C=O) groups is 2. The fourth-order valence-corrected chi connectivity index (χ4v) is 2.70. The Morgan fingerprint density at radius 2 is 2.04 bits per heavy atom. The lowest BCUT2D eigenvalue weighted by molar-refractivity contribution is -0.137. The number of hydrogen-bond acceptors (Lipinski definition) is 5. The second kappa shape index (κ2) is 9.94. The molecule has 1 aliphatic heterocycles. The number of carboxylic acids is 2. The molecule has 23 heavy (non-hydrogen) atoms. The van der Waals surface area contributed by atoms with Crippen LogP contribution in [-0.4, -0.2) is 61.5 Å². The molecule has 0 bridgehead atoms. The topological polar surface area (TPSA) is 109 Å². The van der Waals surface area contributed by atoms with Gasteiger partial charge in [-0.15, -0.1) is 10.2 Å². The highest BCUT2D eigenvalue weighted by Gasteiger charge is 2.20. The standard InChI is InChI=1S/C13H22N4O2.C2H4O2/c1-11-15-14-10-17(11)8-7-16-6-2-3-12(9-16)4-5-13(18)19;1-2(3)4/h10,12H,2-9H2,1H3,(H,18,19);1H3,(H,3,4). The second-order valence-corrected chi connectivity index (χ2v) is 5.83. The van der Waals surface area contributed by atoms with E-state index in [1.807, 2.05) is 6.92 Å². The molecule has 1 aromatic heterocycles. The largest absolute Gasteiger partial charge is 0.481 e. The third-order valence-corrected chi connectivity index (χ3v) is 3.84. The quantitative estimate of drug-likeness (QED) is 0.810. The summed E-state index contributed by atoms with van der Waals surface area (Å²) in [4.78, 5) is 22.0. The molecule has 1 unspecified atom stereocenters. The Morgan fingerprint density at radius 1 is 1.35 bits per heavy atom. The minimum absolute atomic E-state index is 0.295. The molecule has 1 saturated heterocycles. The van der Waals surface area contributed by atoms with Crippen molar-refractivity contribution in [3.63, 3.8) is 0 Å². The molecule has 1 aliphatic rings. The van der Waals surface area contributed by atoms with Crippen LogP contribution < -0.4 is 0 Å². The molecule has 1 aromatic rings. The molecular formula is C15H26N4O4. The van der Waals surface area contributed by atoms with Crippen molar-refractivity contribution in [2.45, 2.75) is 46.1 Å². The van der Waals surface area contributed by atoms with Gasteiger partial charge in [-0.1, -0.05) is 0 Å². The van der Waals surface area contributed by atoms with E-state index < -0.39 is 11.9 Å². The van der Waals surface area contributed by atoms with Crippen LogP contribution in [0, 0.1) is 12.8 Å². The van der Waals surface area contributed by atoms with E-state index in [9.17, 15) is 4.79 Å². The average molecular weight is 326 g/mol. The van der Waals surface area contributed by atoms with Gasteiger partial charge in [-0.2, -0.15) is 0 Å². The molecule has 0 aliphatic carbocycles. The van der Waals surface area contributed by atoms with Gasteiger partial charge in [-0.3, -0.25) is 9.59 Å². The lowest BCUT2D eigenvalue weighted by atomic mass is 9.93. The van der Waals surface area contributed by atoms with Crippen LogP contribution in [0.3, 0.4) is 0 Å². The van der Waals surface area contributed by atoms with Crippen LogP contribution in [0.1, 0.15) is 38.4 Å². The minimum atomic E-state index is -0.833. The molecule has 1 fully saturated rings. The third kappa shape index (κ3) is 8.29. The Balaban J connectivity index is 0.000000593. The van der Waals surface area contributed by atoms with Crippen LogP contribution in [0.5, 0.6) is 0 Å². The molecule has 0 radical (unpaired) electrons. The van der Waals surface area contributed by atoms with Crippen LogP contribution in [-0.2, 0) is 16.1 Å². The van der Waals surface area contributed by atoms with Gasteiger partial charge in [-0.25, -0.2) is 0 Å². The molecule has 1 atom stereocenters. The highest BCUT2D eigenvalue weighted by molar-refractivity contribution is 5.66. The summed E-state index contributed by atoms with van der Waals surface area (Å²) in [6.45, 7) is 7.07. The Bertz CT molecular complexity index is 499. The van der Waals surface area contributed by atoms with Crippen molar-refractivity contribution in [2.75, 3.05) is 19.6 Å². The van der Waals surface area contributed by atoms with Gasteiger partial charge in [0.2, 0.25) is 0 Å². The monoisotopic (exact) mass is 326 g/mol. The van der Waals surface area contributed by atoms with Gasteiger partial charge in [0.05, 0.1) is 0 Å². The Kier molecular flexibility index (Phi) is 8.25. The van der Waals surface area contributed by atoms with Gasteiger partial charge in [0.1, 0.15) is 12.2 Å². The van der Waals surface area contributed by atoms with Crippen molar-refractivity contribution in [1.29, 1.82) is 0 Å². The van der Waals surface area contributed by atoms with E-state index in [4.69, 9.17) is 15.0 Å². The Morgan fingerprint density at radius 3 is 2.61 bits per heavy atom. The maximum atomic E-state index is 10.6. The summed E-state index contributed by atoms with van der Waals surface area (Å²) in [5, 5.41) is 24.0. The van der Waals surface area contributed by atoms with Crippen molar-refractivity contribution in [1.82, 2.24) is 19.7 Å². The predicted molar refractivity (Wildman–Crippen MR) is 84.1 cm³/mol. The highest BCUT2D eigenvalue weighted by Crippen LogP contribution is 2.20. The smallest absolute Gasteiger partial charge is 0.303 e. The van der Waals surface area contributed by atoms with Crippen molar-refractivity contribution < 1.29 is 19.8 Å². The zero-order valence-electron chi connectivity index (χ0n) is 13.8. The molecule has 130 valence electrons. The van der Waals surface area contributed by atoms with E-state index in [0.717, 1.165) is 51.8 Å². The molecule has 2 rings (SSSR count). The first kappa shape index (κ1) is 19.1. The summed E-state index contributed by atoms with van der Waals surface area (Å²) in [7, 11) is 0. The first-order valence-electron chi connectivity index (χ1n) is 7.86. The minimum Gasteiger partial charge on any atom is -0.481 e. The summed E-state index contributed by atoms with van der Waals surface area (Å²) in [5.74, 6) is -0.0384. The Hall–Kier alpha value is -1.96. The number of likely N-dealkylation sites (tertiary alicyclic amines) is 1. The van der Waals surface area contributed by atoms with E-state index in [0.29, 0.717) is 12.3 Å². The number of piperidine rings is 1. The van der Waals surface area contributed by atoms with Crippen molar-refractivity contribution in [3.8, 4) is 0 Å². The van der Waals surface area contributed by atoms with Crippen molar-refractivity contribution >= 4 is 11.9 Å². The molecule has 8 heteroatoms. The summed E-state index contributed by atoms with van der Waals surface area (Å²) < 4.78 is 2.06. The van der Waals surface area contributed by atoms with Crippen LogP contribution in [0.2, 0.25) is 0 Å². The maximum absolute atomic E-state index is 10.6. The number of aromatic nitrogens is 3. The molecule has 0 spiro atoms. The summed E-state index contributed by atoms with van der Waals surface area (Å²) in [5.41, 5.74) is 0. The number of aliphatic carboxylic acids is 2. The van der Waals surface area contributed by atoms with Crippen LogP contribution >= 0.6 is 0 Å². The Labute approximate surface area is 136 Å². The third-order valence-electron chi connectivity index (χ3n) is 3.84. The van der Waals surface area contributed by atoms with Gasteiger partial charge in [0.15, 0.2) is 0 Å². The lowest BCUT2D eigenvalue weighted by Crippen LogP contribution is -2.37. The molecule has 8 nitrogen and oxygen atoms in total. The van der Waals surface area contributed by atoms with Crippen molar-refractivity contribution in [3.05, 3.63) is 12.2 Å². The predicted octanol–water partition coefficient (Wildman–Crippen LogP) is 1.25. The summed E-state index contributed by atoms with van der Waals surface area (Å²) in [6.07, 6.45) is 5.20. The number of rotatable bonds is 6. The van der Waals surface area contributed by atoms with Gasteiger partial charge in [0.25, 0.3) is 5.97 Å². The van der Waals surface area contributed by atoms with Crippen LogP contribution in [0.25, 0.3) is 0 Å². The summed E-state index contributed by atoms with van der Waals surface area (Å²) >= 11 is 0. The average Bonchev–Trinajstić information content (AvgIpc) is 2.88. The van der Waals surface area contributed by atoms with E-state index in [-0.39, 0.29) is 0 Å². The zero-order valence-corrected chi connectivity index (χ0v) is 13.8. The highest BCUT2D eigenvalue weighted by atomic mass is 16.4. The lowest BCUT2D eigenvalue weighted by Gasteiger charge is -2.32. The molecule has 0 amide bonds.